The van der Waals surface area contributed by atoms with Gasteiger partial charge in [0.15, 0.2) is 0 Å². The van der Waals surface area contributed by atoms with Gasteiger partial charge in [-0.2, -0.15) is 0 Å². The number of rotatable bonds is 1. The van der Waals surface area contributed by atoms with Crippen LogP contribution in [0.15, 0.2) is 18.3 Å². The van der Waals surface area contributed by atoms with Crippen molar-refractivity contribution in [2.75, 3.05) is 6.54 Å². The first-order chi connectivity index (χ1) is 6.68. The summed E-state index contributed by atoms with van der Waals surface area (Å²) in [6.45, 7) is 3.82. The standard InChI is InChI=1S/C11H12N2O/c1-9-5-7-13-11(8-9)4-3-6-12-10(2)14/h5,7-8H,6H2,1-2H3,(H,12,14). The smallest absolute Gasteiger partial charge is 0.217 e. The van der Waals surface area contributed by atoms with Crippen LogP contribution in [0.1, 0.15) is 18.2 Å². The number of carbonyl (C=O) groups excluding carboxylic acids is 1. The Bertz CT molecular complexity index is 388. The Morgan fingerprint density at radius 3 is 3.07 bits per heavy atom. The van der Waals surface area contributed by atoms with Crippen LogP contribution in [0.3, 0.4) is 0 Å². The average Bonchev–Trinajstić information content (AvgIpc) is 2.12. The fourth-order valence-electron chi connectivity index (χ4n) is 0.908. The van der Waals surface area contributed by atoms with Gasteiger partial charge in [-0.15, -0.1) is 0 Å². The van der Waals surface area contributed by atoms with E-state index in [1.807, 2.05) is 19.1 Å². The van der Waals surface area contributed by atoms with Crippen LogP contribution < -0.4 is 5.32 Å². The molecule has 0 atom stereocenters. The van der Waals surface area contributed by atoms with Crippen LogP contribution >= 0.6 is 0 Å². The molecular weight excluding hydrogens is 176 g/mol. The lowest BCUT2D eigenvalue weighted by Gasteiger charge is -1.93. The van der Waals surface area contributed by atoms with E-state index in [9.17, 15) is 4.79 Å². The molecule has 1 rings (SSSR count). The maximum Gasteiger partial charge on any atom is 0.217 e. The van der Waals surface area contributed by atoms with Gasteiger partial charge in [0.05, 0.1) is 6.54 Å². The third kappa shape index (κ3) is 3.72. The molecule has 3 nitrogen and oxygen atoms in total. The molecular formula is C11H12N2O. The number of aryl methyl sites for hydroxylation is 1. The number of carbonyl (C=O) groups is 1. The molecule has 1 amide bonds. The maximum atomic E-state index is 10.5. The first-order valence-corrected chi connectivity index (χ1v) is 4.34. The highest BCUT2D eigenvalue weighted by atomic mass is 16.1. The monoisotopic (exact) mass is 188 g/mol. The molecule has 0 fully saturated rings. The summed E-state index contributed by atoms with van der Waals surface area (Å²) in [6.07, 6.45) is 1.72. The van der Waals surface area contributed by atoms with Crippen molar-refractivity contribution in [3.05, 3.63) is 29.6 Å². The molecule has 1 aromatic heterocycles. The molecule has 1 N–H and O–H groups in total. The Balaban J connectivity index is 2.55. The highest BCUT2D eigenvalue weighted by Crippen LogP contribution is 1.97. The Kier molecular flexibility index (Phi) is 3.69. The molecule has 0 aliphatic heterocycles. The quantitative estimate of drug-likeness (QED) is 0.665. The number of hydrogen-bond acceptors (Lipinski definition) is 2. The molecule has 0 aliphatic rings. The summed E-state index contributed by atoms with van der Waals surface area (Å²) in [5, 5.41) is 2.59. The van der Waals surface area contributed by atoms with Gasteiger partial charge in [0.1, 0.15) is 5.69 Å². The van der Waals surface area contributed by atoms with Gasteiger partial charge in [-0.25, -0.2) is 4.98 Å². The molecule has 0 radical (unpaired) electrons. The fourth-order valence-corrected chi connectivity index (χ4v) is 0.908. The van der Waals surface area contributed by atoms with Gasteiger partial charge in [0.2, 0.25) is 5.91 Å². The van der Waals surface area contributed by atoms with Gasteiger partial charge < -0.3 is 5.32 Å². The second-order valence-electron chi connectivity index (χ2n) is 2.93. The minimum absolute atomic E-state index is 0.0727. The van der Waals surface area contributed by atoms with Crippen LogP contribution in [0, 0.1) is 18.8 Å². The zero-order valence-electron chi connectivity index (χ0n) is 8.29. The van der Waals surface area contributed by atoms with Gasteiger partial charge in [-0.3, -0.25) is 4.79 Å². The summed E-state index contributed by atoms with van der Waals surface area (Å²) in [4.78, 5) is 14.6. The molecule has 0 bridgehead atoms. The molecule has 3 heteroatoms. The van der Waals surface area contributed by atoms with E-state index in [4.69, 9.17) is 0 Å². The van der Waals surface area contributed by atoms with Gasteiger partial charge >= 0.3 is 0 Å². The number of pyridine rings is 1. The van der Waals surface area contributed by atoms with Crippen LogP contribution in [0.4, 0.5) is 0 Å². The van der Waals surface area contributed by atoms with Gasteiger partial charge in [0.25, 0.3) is 0 Å². The molecule has 0 saturated heterocycles. The van der Waals surface area contributed by atoms with Crippen LogP contribution in [0.5, 0.6) is 0 Å². The van der Waals surface area contributed by atoms with Crippen molar-refractivity contribution in [3.63, 3.8) is 0 Å². The average molecular weight is 188 g/mol. The third-order valence-electron chi connectivity index (χ3n) is 1.56. The van der Waals surface area contributed by atoms with E-state index in [-0.39, 0.29) is 5.91 Å². The third-order valence-corrected chi connectivity index (χ3v) is 1.56. The lowest BCUT2D eigenvalue weighted by Crippen LogP contribution is -2.19. The van der Waals surface area contributed by atoms with Crippen molar-refractivity contribution in [1.29, 1.82) is 0 Å². The lowest BCUT2D eigenvalue weighted by molar-refractivity contribution is -0.118. The Morgan fingerprint density at radius 1 is 1.64 bits per heavy atom. The largest absolute Gasteiger partial charge is 0.345 e. The van der Waals surface area contributed by atoms with Crippen molar-refractivity contribution in [3.8, 4) is 11.8 Å². The summed E-state index contributed by atoms with van der Waals surface area (Å²) >= 11 is 0. The second kappa shape index (κ2) is 5.03. The Hall–Kier alpha value is -1.82. The van der Waals surface area contributed by atoms with Gasteiger partial charge in [-0.1, -0.05) is 5.92 Å². The van der Waals surface area contributed by atoms with Crippen molar-refractivity contribution >= 4 is 5.91 Å². The fraction of sp³-hybridized carbons (Fsp3) is 0.273. The highest BCUT2D eigenvalue weighted by Gasteiger charge is 1.88. The zero-order valence-corrected chi connectivity index (χ0v) is 8.29. The van der Waals surface area contributed by atoms with E-state index in [1.54, 1.807) is 6.20 Å². The number of aromatic nitrogens is 1. The zero-order chi connectivity index (χ0) is 10.4. The summed E-state index contributed by atoms with van der Waals surface area (Å²) in [5.41, 5.74) is 1.86. The number of nitrogens with one attached hydrogen (secondary N) is 1. The van der Waals surface area contributed by atoms with E-state index in [0.29, 0.717) is 6.54 Å². The van der Waals surface area contributed by atoms with Gasteiger partial charge in [0, 0.05) is 13.1 Å². The Labute approximate surface area is 83.6 Å². The molecule has 72 valence electrons. The topological polar surface area (TPSA) is 42.0 Å². The van der Waals surface area contributed by atoms with Crippen molar-refractivity contribution < 1.29 is 4.79 Å². The van der Waals surface area contributed by atoms with E-state index in [2.05, 4.69) is 22.1 Å². The molecule has 0 aromatic carbocycles. The van der Waals surface area contributed by atoms with E-state index < -0.39 is 0 Å². The molecule has 0 spiro atoms. The summed E-state index contributed by atoms with van der Waals surface area (Å²) in [5.74, 6) is 5.61. The van der Waals surface area contributed by atoms with Crippen molar-refractivity contribution in [2.45, 2.75) is 13.8 Å². The van der Waals surface area contributed by atoms with Crippen molar-refractivity contribution in [1.82, 2.24) is 10.3 Å². The highest BCUT2D eigenvalue weighted by molar-refractivity contribution is 5.73. The number of hydrogen-bond donors (Lipinski definition) is 1. The molecule has 14 heavy (non-hydrogen) atoms. The minimum atomic E-state index is -0.0727. The normalized spacial score (nSPS) is 8.71. The second-order valence-corrected chi connectivity index (χ2v) is 2.93. The van der Waals surface area contributed by atoms with Crippen LogP contribution in [0.25, 0.3) is 0 Å². The molecule has 0 aliphatic carbocycles. The first-order valence-electron chi connectivity index (χ1n) is 4.34. The number of amides is 1. The first kappa shape index (κ1) is 10.3. The van der Waals surface area contributed by atoms with Crippen molar-refractivity contribution in [2.24, 2.45) is 0 Å². The predicted octanol–water partition coefficient (Wildman–Crippen LogP) is 0.878. The summed E-state index contributed by atoms with van der Waals surface area (Å²) < 4.78 is 0. The molecule has 0 unspecified atom stereocenters. The van der Waals surface area contributed by atoms with Gasteiger partial charge in [-0.05, 0) is 30.5 Å². The molecule has 0 saturated carbocycles. The predicted molar refractivity (Wildman–Crippen MR) is 54.5 cm³/mol. The molecule has 1 heterocycles. The van der Waals surface area contributed by atoms with Crippen LogP contribution in [-0.4, -0.2) is 17.4 Å². The van der Waals surface area contributed by atoms with Crippen LogP contribution in [-0.2, 0) is 4.79 Å². The Morgan fingerprint density at radius 2 is 2.43 bits per heavy atom. The van der Waals surface area contributed by atoms with Crippen LogP contribution in [0.2, 0.25) is 0 Å². The van der Waals surface area contributed by atoms with E-state index in [0.717, 1.165) is 11.3 Å². The summed E-state index contributed by atoms with van der Waals surface area (Å²) in [7, 11) is 0. The summed E-state index contributed by atoms with van der Waals surface area (Å²) in [6, 6.07) is 3.82. The number of nitrogens with zero attached hydrogens (tertiary/aromatic N) is 1. The van der Waals surface area contributed by atoms with E-state index >= 15 is 0 Å². The minimum Gasteiger partial charge on any atom is -0.345 e. The lowest BCUT2D eigenvalue weighted by atomic mass is 10.2. The SMILES string of the molecule is CC(=O)NCC#Cc1cc(C)ccn1. The maximum absolute atomic E-state index is 10.5. The molecule has 1 aromatic rings. The van der Waals surface area contributed by atoms with E-state index in [1.165, 1.54) is 6.92 Å².